The number of thiophene rings is 1. The predicted molar refractivity (Wildman–Crippen MR) is 105 cm³/mol. The average Bonchev–Trinajstić information content (AvgIpc) is 3.00. The van der Waals surface area contributed by atoms with Gasteiger partial charge in [0.2, 0.25) is 0 Å². The summed E-state index contributed by atoms with van der Waals surface area (Å²) >= 11 is 1.97. The molecule has 1 aliphatic heterocycles. The molecule has 0 aromatic carbocycles. The van der Waals surface area contributed by atoms with Crippen LogP contribution in [0.3, 0.4) is 0 Å². The molecule has 0 saturated heterocycles. The number of hydrogen-bond acceptors (Lipinski definition) is 2. The molecule has 0 unspecified atom stereocenters. The Morgan fingerprint density at radius 1 is 1.04 bits per heavy atom. The number of aryl methyl sites for hydroxylation is 1. The topological polar surface area (TPSA) is 20.3 Å². The maximum atomic E-state index is 11.7. The SMILES string of the molecule is C=C1C=CC(=O)N1CCCCc1cc(C(C)(C)C)sc1C(C)(C)C. The predicted octanol–water partition coefficient (Wildman–Crippen LogP) is 5.58. The third-order valence-electron chi connectivity index (χ3n) is 4.34. The highest BCUT2D eigenvalue weighted by Crippen LogP contribution is 2.39. The van der Waals surface area contributed by atoms with E-state index < -0.39 is 0 Å². The first-order valence-electron chi connectivity index (χ1n) is 8.82. The molecule has 0 spiro atoms. The number of rotatable bonds is 5. The highest BCUT2D eigenvalue weighted by Gasteiger charge is 2.25. The van der Waals surface area contributed by atoms with Gasteiger partial charge in [-0.25, -0.2) is 0 Å². The molecule has 0 aliphatic carbocycles. The molecule has 1 aromatic heterocycles. The summed E-state index contributed by atoms with van der Waals surface area (Å²) in [5.41, 5.74) is 2.70. The van der Waals surface area contributed by atoms with E-state index in [0.29, 0.717) is 0 Å². The zero-order valence-corrected chi connectivity index (χ0v) is 16.8. The molecule has 0 atom stereocenters. The third kappa shape index (κ3) is 4.38. The molecule has 0 N–H and O–H groups in total. The first-order chi connectivity index (χ1) is 11.0. The number of hydrogen-bond donors (Lipinski definition) is 0. The fourth-order valence-corrected chi connectivity index (χ4v) is 4.27. The Balaban J connectivity index is 2.00. The fourth-order valence-electron chi connectivity index (χ4n) is 2.95. The monoisotopic (exact) mass is 345 g/mol. The minimum absolute atomic E-state index is 0.0703. The van der Waals surface area contributed by atoms with Crippen molar-refractivity contribution in [2.75, 3.05) is 6.54 Å². The normalized spacial score (nSPS) is 15.7. The molecular formula is C21H31NOS. The third-order valence-corrected chi connectivity index (χ3v) is 6.37. The molecule has 3 heteroatoms. The van der Waals surface area contributed by atoms with Crippen molar-refractivity contribution in [3.05, 3.63) is 45.8 Å². The second kappa shape index (κ2) is 6.87. The Hall–Kier alpha value is -1.35. The van der Waals surface area contributed by atoms with Crippen LogP contribution < -0.4 is 0 Å². The maximum Gasteiger partial charge on any atom is 0.251 e. The van der Waals surface area contributed by atoms with Crippen LogP contribution in [0.2, 0.25) is 0 Å². The molecule has 132 valence electrons. The lowest BCUT2D eigenvalue weighted by molar-refractivity contribution is -0.123. The summed E-state index contributed by atoms with van der Waals surface area (Å²) < 4.78 is 0. The number of carbonyl (C=O) groups excluding carboxylic acids is 1. The molecule has 1 aliphatic rings. The van der Waals surface area contributed by atoms with Crippen LogP contribution in [0.5, 0.6) is 0 Å². The largest absolute Gasteiger partial charge is 0.309 e. The minimum Gasteiger partial charge on any atom is -0.309 e. The lowest BCUT2D eigenvalue weighted by atomic mass is 9.88. The number of allylic oxidation sites excluding steroid dienone is 1. The Kier molecular flexibility index (Phi) is 5.44. The fraction of sp³-hybridized carbons (Fsp3) is 0.571. The zero-order chi connectivity index (χ0) is 18.1. The Morgan fingerprint density at radius 3 is 2.21 bits per heavy atom. The Labute approximate surface area is 151 Å². The summed E-state index contributed by atoms with van der Waals surface area (Å²) in [6.07, 6.45) is 6.60. The average molecular weight is 346 g/mol. The van der Waals surface area contributed by atoms with Gasteiger partial charge in [-0.1, -0.05) is 48.1 Å². The zero-order valence-electron chi connectivity index (χ0n) is 16.0. The van der Waals surface area contributed by atoms with Crippen LogP contribution in [0.1, 0.15) is 69.7 Å². The van der Waals surface area contributed by atoms with Gasteiger partial charge >= 0.3 is 0 Å². The molecule has 0 saturated carbocycles. The van der Waals surface area contributed by atoms with Gasteiger partial charge in [-0.15, -0.1) is 11.3 Å². The van der Waals surface area contributed by atoms with Crippen molar-refractivity contribution in [1.29, 1.82) is 0 Å². The molecule has 24 heavy (non-hydrogen) atoms. The van der Waals surface area contributed by atoms with E-state index in [1.165, 1.54) is 15.3 Å². The van der Waals surface area contributed by atoms with Crippen molar-refractivity contribution in [1.82, 2.24) is 4.90 Å². The second-order valence-electron chi connectivity index (χ2n) is 8.74. The van der Waals surface area contributed by atoms with Crippen LogP contribution >= 0.6 is 11.3 Å². The Morgan fingerprint density at radius 2 is 1.71 bits per heavy atom. The summed E-state index contributed by atoms with van der Waals surface area (Å²) in [5.74, 6) is 0.0703. The number of unbranched alkanes of at least 4 members (excludes halogenated alkanes) is 1. The first-order valence-corrected chi connectivity index (χ1v) is 9.64. The van der Waals surface area contributed by atoms with Crippen molar-refractivity contribution in [3.63, 3.8) is 0 Å². The van der Waals surface area contributed by atoms with Gasteiger partial charge in [0.15, 0.2) is 0 Å². The molecular weight excluding hydrogens is 314 g/mol. The first kappa shape index (κ1) is 19.0. The molecule has 0 radical (unpaired) electrons. The lowest BCUT2D eigenvalue weighted by Gasteiger charge is -2.20. The molecule has 0 fully saturated rings. The van der Waals surface area contributed by atoms with E-state index >= 15 is 0 Å². The van der Waals surface area contributed by atoms with Crippen LogP contribution in [0.25, 0.3) is 0 Å². The second-order valence-corrected chi connectivity index (χ2v) is 9.79. The highest BCUT2D eigenvalue weighted by atomic mass is 32.1. The van der Waals surface area contributed by atoms with Crippen molar-refractivity contribution in [2.24, 2.45) is 0 Å². The Bertz CT molecular complexity index is 634. The van der Waals surface area contributed by atoms with E-state index in [4.69, 9.17) is 0 Å². The van der Waals surface area contributed by atoms with Crippen molar-refractivity contribution >= 4 is 17.2 Å². The van der Waals surface area contributed by atoms with Gasteiger partial charge in [-0.05, 0) is 47.8 Å². The molecule has 2 nitrogen and oxygen atoms in total. The van der Waals surface area contributed by atoms with E-state index in [1.54, 1.807) is 17.1 Å². The molecule has 2 heterocycles. The van der Waals surface area contributed by atoms with Gasteiger partial charge < -0.3 is 4.90 Å². The van der Waals surface area contributed by atoms with Gasteiger partial charge in [0.25, 0.3) is 5.91 Å². The summed E-state index contributed by atoms with van der Waals surface area (Å²) in [7, 11) is 0. The van der Waals surface area contributed by atoms with Gasteiger partial charge in [-0.2, -0.15) is 0 Å². The van der Waals surface area contributed by atoms with Gasteiger partial charge in [0.1, 0.15) is 0 Å². The van der Waals surface area contributed by atoms with E-state index in [0.717, 1.165) is 31.5 Å². The number of amides is 1. The molecule has 0 bridgehead atoms. The standard InChI is InChI=1S/C21H31NOS/c1-15-11-12-18(23)22(15)13-9-8-10-16-14-17(20(2,3)4)24-19(16)21(5,6)7/h11-12,14H,1,8-10,13H2,2-7H3. The highest BCUT2D eigenvalue weighted by molar-refractivity contribution is 7.12. The molecule has 2 rings (SSSR count). The van der Waals surface area contributed by atoms with Crippen LogP contribution in [0.4, 0.5) is 0 Å². The van der Waals surface area contributed by atoms with Crippen molar-refractivity contribution < 1.29 is 4.79 Å². The summed E-state index contributed by atoms with van der Waals surface area (Å²) in [4.78, 5) is 16.5. The van der Waals surface area contributed by atoms with Crippen LogP contribution in [-0.2, 0) is 22.0 Å². The van der Waals surface area contributed by atoms with E-state index in [-0.39, 0.29) is 16.7 Å². The molecule has 1 amide bonds. The number of nitrogens with zero attached hydrogens (tertiary/aromatic N) is 1. The van der Waals surface area contributed by atoms with E-state index in [2.05, 4.69) is 54.2 Å². The quantitative estimate of drug-likeness (QED) is 0.638. The smallest absolute Gasteiger partial charge is 0.251 e. The van der Waals surface area contributed by atoms with Gasteiger partial charge in [-0.3, -0.25) is 4.79 Å². The van der Waals surface area contributed by atoms with Gasteiger partial charge in [0.05, 0.1) is 0 Å². The minimum atomic E-state index is 0.0703. The lowest BCUT2D eigenvalue weighted by Crippen LogP contribution is -2.24. The summed E-state index contributed by atoms with van der Waals surface area (Å²) in [6, 6.07) is 2.41. The van der Waals surface area contributed by atoms with Crippen LogP contribution in [0.15, 0.2) is 30.5 Å². The molecule has 1 aromatic rings. The summed E-state index contributed by atoms with van der Waals surface area (Å²) in [5, 5.41) is 0. The van der Waals surface area contributed by atoms with Crippen molar-refractivity contribution in [3.8, 4) is 0 Å². The van der Waals surface area contributed by atoms with Crippen molar-refractivity contribution in [2.45, 2.75) is 71.6 Å². The summed E-state index contributed by atoms with van der Waals surface area (Å²) in [6.45, 7) is 18.4. The van der Waals surface area contributed by atoms with Crippen LogP contribution in [-0.4, -0.2) is 17.4 Å². The maximum absolute atomic E-state index is 11.7. The van der Waals surface area contributed by atoms with E-state index in [1.807, 2.05) is 11.3 Å². The number of carbonyl (C=O) groups is 1. The van der Waals surface area contributed by atoms with Gasteiger partial charge in [0, 0.05) is 28.1 Å². The van der Waals surface area contributed by atoms with E-state index in [9.17, 15) is 4.79 Å². The van der Waals surface area contributed by atoms with Crippen LogP contribution in [0, 0.1) is 0 Å².